The number of nitrogens with zero attached hydrogens (tertiary/aromatic N) is 4. The predicted octanol–water partition coefficient (Wildman–Crippen LogP) is 2.71. The Morgan fingerprint density at radius 3 is 2.56 bits per heavy atom. The van der Waals surface area contributed by atoms with Crippen molar-refractivity contribution < 1.29 is 14.6 Å². The molecule has 0 saturated carbocycles. The summed E-state index contributed by atoms with van der Waals surface area (Å²) in [5, 5.41) is 14.0. The minimum Gasteiger partial charge on any atom is -0.497 e. The van der Waals surface area contributed by atoms with Crippen LogP contribution >= 0.6 is 11.6 Å². The van der Waals surface area contributed by atoms with E-state index in [0.29, 0.717) is 47.7 Å². The molecule has 2 aromatic carbocycles. The van der Waals surface area contributed by atoms with Gasteiger partial charge in [-0.25, -0.2) is 14.5 Å². The Morgan fingerprint density at radius 2 is 1.88 bits per heavy atom. The lowest BCUT2D eigenvalue weighted by Gasteiger charge is -2.37. The van der Waals surface area contributed by atoms with Gasteiger partial charge in [0.2, 0.25) is 0 Å². The molecule has 0 spiro atoms. The molecule has 1 amide bonds. The maximum Gasteiger partial charge on any atom is 0.404 e. The first-order chi connectivity index (χ1) is 16.5. The highest BCUT2D eigenvalue weighted by Gasteiger charge is 2.22. The number of ether oxygens (including phenoxy) is 1. The molecular weight excluding hydrogens is 458 g/mol. The molecule has 1 saturated heterocycles. The molecule has 0 aliphatic carbocycles. The van der Waals surface area contributed by atoms with Crippen LogP contribution < -0.4 is 20.6 Å². The van der Waals surface area contributed by atoms with Crippen molar-refractivity contribution in [2.45, 2.75) is 19.4 Å². The van der Waals surface area contributed by atoms with E-state index in [1.807, 2.05) is 17.1 Å². The van der Waals surface area contributed by atoms with E-state index < -0.39 is 6.09 Å². The number of piperazine rings is 1. The Hall–Kier alpha value is -3.30. The highest BCUT2D eigenvalue weighted by molar-refractivity contribution is 6.35. The second-order valence-electron chi connectivity index (χ2n) is 8.19. The number of carboxylic acid groups (broad SMARTS) is 1. The molecule has 180 valence electrons. The van der Waals surface area contributed by atoms with Gasteiger partial charge in [-0.15, -0.1) is 0 Å². The van der Waals surface area contributed by atoms with E-state index in [4.69, 9.17) is 26.4 Å². The average Bonchev–Trinajstić information content (AvgIpc) is 2.83. The topological polar surface area (TPSA) is 99.9 Å². The molecule has 1 aliphatic heterocycles. The molecule has 2 heterocycles. The van der Waals surface area contributed by atoms with Crippen molar-refractivity contribution in [3.8, 4) is 5.75 Å². The van der Waals surface area contributed by atoms with E-state index in [-0.39, 0.29) is 12.1 Å². The van der Waals surface area contributed by atoms with E-state index in [1.165, 1.54) is 5.56 Å². The SMILES string of the molecule is COc1ccc(CN2CCN(n3c(CCCNC(=O)O)nc4cccc(Cl)c4c3=O)CC2)cc1. The molecule has 4 rings (SSSR count). The third kappa shape index (κ3) is 5.43. The van der Waals surface area contributed by atoms with E-state index in [0.717, 1.165) is 25.4 Å². The summed E-state index contributed by atoms with van der Waals surface area (Å²) in [6.07, 6.45) is -0.0737. The molecule has 0 unspecified atom stereocenters. The second kappa shape index (κ2) is 10.8. The van der Waals surface area contributed by atoms with Crippen molar-refractivity contribution in [1.29, 1.82) is 0 Å². The molecule has 1 aromatic heterocycles. The van der Waals surface area contributed by atoms with E-state index in [1.54, 1.807) is 30.0 Å². The largest absolute Gasteiger partial charge is 0.497 e. The van der Waals surface area contributed by atoms with Crippen molar-refractivity contribution in [3.05, 3.63) is 69.2 Å². The molecular formula is C24H28ClN5O4. The fourth-order valence-electron chi connectivity index (χ4n) is 4.21. The first-order valence-corrected chi connectivity index (χ1v) is 11.6. The van der Waals surface area contributed by atoms with Crippen LogP contribution in [0, 0.1) is 0 Å². The van der Waals surface area contributed by atoms with Gasteiger partial charge in [-0.3, -0.25) is 9.69 Å². The smallest absolute Gasteiger partial charge is 0.404 e. The number of methoxy groups -OCH3 is 1. The van der Waals surface area contributed by atoms with Crippen LogP contribution in [0.1, 0.15) is 17.8 Å². The number of fused-ring (bicyclic) bond motifs is 1. The zero-order valence-corrected chi connectivity index (χ0v) is 19.8. The molecule has 3 aromatic rings. The number of hydrogen-bond acceptors (Lipinski definition) is 6. The Balaban J connectivity index is 1.53. The summed E-state index contributed by atoms with van der Waals surface area (Å²) in [6.45, 7) is 4.01. The fraction of sp³-hybridized carbons (Fsp3) is 0.375. The molecule has 0 radical (unpaired) electrons. The highest BCUT2D eigenvalue weighted by Crippen LogP contribution is 2.20. The predicted molar refractivity (Wildman–Crippen MR) is 132 cm³/mol. The molecule has 0 bridgehead atoms. The number of carbonyl (C=O) groups is 1. The number of aromatic nitrogens is 2. The van der Waals surface area contributed by atoms with Gasteiger partial charge in [0.25, 0.3) is 5.56 Å². The van der Waals surface area contributed by atoms with Gasteiger partial charge >= 0.3 is 6.09 Å². The van der Waals surface area contributed by atoms with Crippen LogP contribution in [0.25, 0.3) is 10.9 Å². The normalized spacial score (nSPS) is 14.4. The third-order valence-electron chi connectivity index (χ3n) is 5.94. The summed E-state index contributed by atoms with van der Waals surface area (Å²) < 4.78 is 6.87. The van der Waals surface area contributed by atoms with Crippen LogP contribution in [-0.4, -0.2) is 65.6 Å². The number of nitrogens with one attached hydrogen (secondary N) is 1. The Morgan fingerprint density at radius 1 is 1.15 bits per heavy atom. The minimum absolute atomic E-state index is 0.194. The zero-order valence-electron chi connectivity index (χ0n) is 19.0. The van der Waals surface area contributed by atoms with Gasteiger partial charge in [0.15, 0.2) is 0 Å². The number of benzene rings is 2. The van der Waals surface area contributed by atoms with Crippen LogP contribution in [0.4, 0.5) is 4.79 Å². The van der Waals surface area contributed by atoms with Crippen LogP contribution in [0.15, 0.2) is 47.3 Å². The molecule has 10 heteroatoms. The molecule has 9 nitrogen and oxygen atoms in total. The summed E-state index contributed by atoms with van der Waals surface area (Å²) in [5.74, 6) is 1.44. The number of halogens is 1. The quantitative estimate of drug-likeness (QED) is 0.473. The van der Waals surface area contributed by atoms with Gasteiger partial charge in [0, 0.05) is 45.7 Å². The van der Waals surface area contributed by atoms with Crippen molar-refractivity contribution in [2.24, 2.45) is 0 Å². The molecule has 0 atom stereocenters. The van der Waals surface area contributed by atoms with Crippen LogP contribution in [-0.2, 0) is 13.0 Å². The molecule has 2 N–H and O–H groups in total. The second-order valence-corrected chi connectivity index (χ2v) is 8.60. The summed E-state index contributed by atoms with van der Waals surface area (Å²) in [5.41, 5.74) is 1.56. The summed E-state index contributed by atoms with van der Waals surface area (Å²) >= 11 is 6.36. The van der Waals surface area contributed by atoms with E-state index in [2.05, 4.69) is 22.3 Å². The number of rotatable bonds is 8. The van der Waals surface area contributed by atoms with Crippen LogP contribution in [0.3, 0.4) is 0 Å². The monoisotopic (exact) mass is 485 g/mol. The van der Waals surface area contributed by atoms with Gasteiger partial charge < -0.3 is 20.2 Å². The van der Waals surface area contributed by atoms with E-state index >= 15 is 0 Å². The Kier molecular flexibility index (Phi) is 7.54. The highest BCUT2D eigenvalue weighted by atomic mass is 35.5. The fourth-order valence-corrected chi connectivity index (χ4v) is 4.46. The molecule has 1 fully saturated rings. The molecule has 1 aliphatic rings. The molecule has 34 heavy (non-hydrogen) atoms. The van der Waals surface area contributed by atoms with Crippen molar-refractivity contribution in [1.82, 2.24) is 19.9 Å². The van der Waals surface area contributed by atoms with Crippen LogP contribution in [0.5, 0.6) is 5.75 Å². The van der Waals surface area contributed by atoms with Crippen molar-refractivity contribution in [2.75, 3.05) is 44.8 Å². The number of hydrogen-bond donors (Lipinski definition) is 2. The lowest BCUT2D eigenvalue weighted by Crippen LogP contribution is -2.54. The first kappa shape index (κ1) is 23.8. The summed E-state index contributed by atoms with van der Waals surface area (Å²) in [4.78, 5) is 31.4. The van der Waals surface area contributed by atoms with Crippen molar-refractivity contribution in [3.63, 3.8) is 0 Å². The summed E-state index contributed by atoms with van der Waals surface area (Å²) in [6, 6.07) is 13.3. The van der Waals surface area contributed by atoms with Gasteiger partial charge in [0.1, 0.15) is 11.6 Å². The van der Waals surface area contributed by atoms with Gasteiger partial charge in [-0.1, -0.05) is 29.8 Å². The first-order valence-electron chi connectivity index (χ1n) is 11.2. The average molecular weight is 486 g/mol. The Labute approximate surface area is 202 Å². The van der Waals surface area contributed by atoms with Gasteiger partial charge in [0.05, 0.1) is 23.0 Å². The lowest BCUT2D eigenvalue weighted by atomic mass is 10.2. The van der Waals surface area contributed by atoms with Crippen LogP contribution in [0.2, 0.25) is 5.02 Å². The van der Waals surface area contributed by atoms with Gasteiger partial charge in [-0.2, -0.15) is 0 Å². The van der Waals surface area contributed by atoms with Gasteiger partial charge in [-0.05, 0) is 36.2 Å². The number of amides is 1. The lowest BCUT2D eigenvalue weighted by molar-refractivity contribution is 0.194. The maximum absolute atomic E-state index is 13.5. The minimum atomic E-state index is -1.07. The standard InChI is InChI=1S/C24H28ClN5O4/c1-34-18-9-7-17(8-10-18)16-28-12-14-29(15-13-28)30-21(6-3-11-26-24(32)33)27-20-5-2-4-19(25)22(20)23(30)31/h2,4-5,7-10,26H,3,6,11-16H2,1H3,(H,32,33). The van der Waals surface area contributed by atoms with E-state index in [9.17, 15) is 9.59 Å². The van der Waals surface area contributed by atoms with Crippen molar-refractivity contribution >= 4 is 28.6 Å². The third-order valence-corrected chi connectivity index (χ3v) is 6.26. The number of aryl methyl sites for hydroxylation is 1. The summed E-state index contributed by atoms with van der Waals surface area (Å²) in [7, 11) is 1.65. The maximum atomic E-state index is 13.5. The Bertz CT molecular complexity index is 1210. The zero-order chi connectivity index (χ0) is 24.1.